The smallest absolute Gasteiger partial charge is 0.457 e. The molecule has 0 amide bonds. The number of hydrogen-bond acceptors (Lipinski definition) is 6. The number of carbonyl (C=O) groups is 1. The number of phosphoric acid groups is 1. The predicted octanol–water partition coefficient (Wildman–Crippen LogP) is 18.2. The highest BCUT2D eigenvalue weighted by atomic mass is 31.2. The molecule has 0 spiro atoms. The molecule has 0 aromatic carbocycles. The van der Waals surface area contributed by atoms with Gasteiger partial charge in [-0.15, -0.1) is 0 Å². The van der Waals surface area contributed by atoms with Crippen LogP contribution in [-0.2, 0) is 27.9 Å². The van der Waals surface area contributed by atoms with E-state index in [2.05, 4.69) is 86.8 Å². The van der Waals surface area contributed by atoms with E-state index in [9.17, 15) is 14.3 Å². The van der Waals surface area contributed by atoms with Gasteiger partial charge in [0.25, 0.3) is 0 Å². The Labute approximate surface area is 427 Å². The van der Waals surface area contributed by atoms with Crippen molar-refractivity contribution in [2.45, 2.75) is 251 Å². The second kappa shape index (κ2) is 52.3. The molecule has 0 saturated heterocycles. The summed E-state index contributed by atoms with van der Waals surface area (Å²) in [6.45, 7) is 5.59. The van der Waals surface area contributed by atoms with Crippen molar-refractivity contribution in [2.24, 2.45) is 0 Å². The van der Waals surface area contributed by atoms with Gasteiger partial charge in [0, 0.05) is 13.0 Å². The summed E-state index contributed by atoms with van der Waals surface area (Å²) in [7, 11) is 1.65. The minimum Gasteiger partial charge on any atom is -0.457 e. The standard InChI is InChI=1S/C60H110NO7P/c1-6-8-10-12-14-16-18-20-22-24-26-28-30-31-32-33-35-37-39-41-43-45-47-49-51-53-60(62)68-59(58-67-69(63,64)66-56-54-61(3,4)5)57-65-55-52-50-48-46-44-42-40-38-36-34-29-27-25-23-21-19-17-15-13-11-9-7-2/h18-21,24-27,30-31,34,36,59H,6-17,22-23,28-29,32-33,35,37-58H2,1-5H3/p+1/b20-18-,21-19-,26-24-,27-25-,31-30-,36-34-. The van der Waals surface area contributed by atoms with Crippen LogP contribution in [0.5, 0.6) is 0 Å². The summed E-state index contributed by atoms with van der Waals surface area (Å²) in [4.78, 5) is 23.1. The number of unbranched alkanes of at least 4 members (excludes halogenated alkanes) is 27. The number of allylic oxidation sites excluding steroid dienone is 12. The predicted molar refractivity (Wildman–Crippen MR) is 298 cm³/mol. The van der Waals surface area contributed by atoms with Gasteiger partial charge in [-0.2, -0.15) is 0 Å². The van der Waals surface area contributed by atoms with Crippen molar-refractivity contribution in [2.75, 3.05) is 54.1 Å². The van der Waals surface area contributed by atoms with Gasteiger partial charge in [-0.25, -0.2) is 4.57 Å². The van der Waals surface area contributed by atoms with E-state index >= 15 is 0 Å². The number of esters is 1. The van der Waals surface area contributed by atoms with E-state index in [4.69, 9.17) is 18.5 Å². The Bertz CT molecular complexity index is 1330. The molecule has 69 heavy (non-hydrogen) atoms. The lowest BCUT2D eigenvalue weighted by atomic mass is 10.0. The van der Waals surface area contributed by atoms with E-state index < -0.39 is 13.9 Å². The highest BCUT2D eigenvalue weighted by Gasteiger charge is 2.26. The van der Waals surface area contributed by atoms with Gasteiger partial charge in [-0.1, -0.05) is 222 Å². The lowest BCUT2D eigenvalue weighted by Crippen LogP contribution is -2.37. The number of ether oxygens (including phenoxy) is 2. The summed E-state index contributed by atoms with van der Waals surface area (Å²) < 4.78 is 35.2. The largest absolute Gasteiger partial charge is 0.472 e. The molecule has 0 aliphatic rings. The Morgan fingerprint density at radius 1 is 0.449 bits per heavy atom. The van der Waals surface area contributed by atoms with Crippen LogP contribution >= 0.6 is 7.82 Å². The van der Waals surface area contributed by atoms with Crippen molar-refractivity contribution in [3.63, 3.8) is 0 Å². The Hall–Kier alpha value is -2.06. The van der Waals surface area contributed by atoms with Crippen LogP contribution < -0.4 is 0 Å². The third-order valence-electron chi connectivity index (χ3n) is 12.2. The summed E-state index contributed by atoms with van der Waals surface area (Å²) >= 11 is 0. The molecule has 8 nitrogen and oxygen atoms in total. The normalized spacial score (nSPS) is 14.0. The number of carbonyl (C=O) groups excluding carboxylic acids is 1. The summed E-state index contributed by atoms with van der Waals surface area (Å²) in [6, 6.07) is 0. The Balaban J connectivity index is 4.13. The first-order valence-electron chi connectivity index (χ1n) is 28.7. The molecule has 0 aromatic rings. The van der Waals surface area contributed by atoms with E-state index in [-0.39, 0.29) is 25.8 Å². The maximum absolute atomic E-state index is 12.8. The second-order valence-corrected chi connectivity index (χ2v) is 21.8. The third-order valence-corrected chi connectivity index (χ3v) is 13.2. The molecule has 2 unspecified atom stereocenters. The number of likely N-dealkylation sites (N-methyl/N-ethyl adjacent to an activating group) is 1. The molecule has 1 N–H and O–H groups in total. The number of quaternary nitrogens is 1. The van der Waals surface area contributed by atoms with Crippen LogP contribution in [0.1, 0.15) is 245 Å². The van der Waals surface area contributed by atoms with Crippen LogP contribution in [0.15, 0.2) is 72.9 Å². The molecule has 0 heterocycles. The van der Waals surface area contributed by atoms with Crippen LogP contribution in [0.2, 0.25) is 0 Å². The number of rotatable bonds is 53. The number of hydrogen-bond donors (Lipinski definition) is 1. The lowest BCUT2D eigenvalue weighted by molar-refractivity contribution is -0.870. The van der Waals surface area contributed by atoms with Crippen molar-refractivity contribution in [3.05, 3.63) is 72.9 Å². The van der Waals surface area contributed by atoms with E-state index in [0.29, 0.717) is 24.1 Å². The molecule has 0 rings (SSSR count). The van der Waals surface area contributed by atoms with Crippen molar-refractivity contribution in [1.82, 2.24) is 0 Å². The zero-order chi connectivity index (χ0) is 50.5. The monoisotopic (exact) mass is 989 g/mol. The quantitative estimate of drug-likeness (QED) is 0.0213. The minimum atomic E-state index is -4.29. The van der Waals surface area contributed by atoms with E-state index in [1.165, 1.54) is 161 Å². The number of phosphoric ester groups is 1. The van der Waals surface area contributed by atoms with Gasteiger partial charge in [0.15, 0.2) is 0 Å². The van der Waals surface area contributed by atoms with Gasteiger partial charge in [0.2, 0.25) is 0 Å². The van der Waals surface area contributed by atoms with Gasteiger partial charge in [-0.05, 0) is 89.9 Å². The molecule has 2 atom stereocenters. The molecular formula is C60H111NO7P+. The molecule has 0 bridgehead atoms. The summed E-state index contributed by atoms with van der Waals surface area (Å²) in [6.07, 6.45) is 69.6. The van der Waals surface area contributed by atoms with E-state index in [0.717, 1.165) is 64.2 Å². The van der Waals surface area contributed by atoms with Crippen LogP contribution in [-0.4, -0.2) is 75.6 Å². The molecule has 9 heteroatoms. The first-order valence-corrected chi connectivity index (χ1v) is 30.2. The second-order valence-electron chi connectivity index (χ2n) is 20.3. The summed E-state index contributed by atoms with van der Waals surface area (Å²) in [5, 5.41) is 0. The van der Waals surface area contributed by atoms with Crippen molar-refractivity contribution in [3.8, 4) is 0 Å². The molecule has 0 fully saturated rings. The lowest BCUT2D eigenvalue weighted by Gasteiger charge is -2.24. The minimum absolute atomic E-state index is 0.0827. The SMILES string of the molecule is CCCCCCC/C=C\C/C=C\C/C=C\CCCCCCCCCCCCC(=O)OC(COCCCCCCCCC/C=C\C/C=C\C/C=C\CCCCCCC)COP(=O)(O)OCC[N+](C)(C)C. The topological polar surface area (TPSA) is 91.3 Å². The zero-order valence-corrected chi connectivity index (χ0v) is 46.7. The Kier molecular flexibility index (Phi) is 50.7. The van der Waals surface area contributed by atoms with E-state index in [1.54, 1.807) is 0 Å². The van der Waals surface area contributed by atoms with Gasteiger partial charge in [0.1, 0.15) is 19.3 Å². The van der Waals surface area contributed by atoms with Crippen molar-refractivity contribution in [1.29, 1.82) is 0 Å². The molecule has 0 saturated carbocycles. The van der Waals surface area contributed by atoms with Crippen LogP contribution in [0.4, 0.5) is 0 Å². The van der Waals surface area contributed by atoms with Gasteiger partial charge in [-0.3, -0.25) is 13.8 Å². The highest BCUT2D eigenvalue weighted by molar-refractivity contribution is 7.47. The van der Waals surface area contributed by atoms with E-state index in [1.807, 2.05) is 21.1 Å². The third kappa shape index (κ3) is 56.7. The molecule has 0 aliphatic carbocycles. The molecule has 402 valence electrons. The zero-order valence-electron chi connectivity index (χ0n) is 45.8. The first kappa shape index (κ1) is 66.9. The first-order chi connectivity index (χ1) is 33.6. The summed E-state index contributed by atoms with van der Waals surface area (Å²) in [5.74, 6) is -0.321. The van der Waals surface area contributed by atoms with Gasteiger partial charge >= 0.3 is 13.8 Å². The van der Waals surface area contributed by atoms with Crippen LogP contribution in [0.3, 0.4) is 0 Å². The molecule has 0 aromatic heterocycles. The maximum Gasteiger partial charge on any atom is 0.472 e. The highest BCUT2D eigenvalue weighted by Crippen LogP contribution is 2.43. The van der Waals surface area contributed by atoms with Crippen LogP contribution in [0.25, 0.3) is 0 Å². The fourth-order valence-corrected chi connectivity index (χ4v) is 8.54. The molecule has 0 aliphatic heterocycles. The van der Waals surface area contributed by atoms with Crippen LogP contribution in [0, 0.1) is 0 Å². The van der Waals surface area contributed by atoms with Crippen molar-refractivity contribution < 1.29 is 37.3 Å². The van der Waals surface area contributed by atoms with Gasteiger partial charge in [0.05, 0.1) is 34.4 Å². The maximum atomic E-state index is 12.8. The van der Waals surface area contributed by atoms with Crippen molar-refractivity contribution >= 4 is 13.8 Å². The molecule has 0 radical (unpaired) electrons. The molecular weight excluding hydrogens is 878 g/mol. The number of nitrogens with zero attached hydrogens (tertiary/aromatic N) is 1. The Morgan fingerprint density at radius 2 is 0.797 bits per heavy atom. The fourth-order valence-electron chi connectivity index (χ4n) is 7.80. The summed E-state index contributed by atoms with van der Waals surface area (Å²) in [5.41, 5.74) is 0. The Morgan fingerprint density at radius 3 is 1.19 bits per heavy atom. The van der Waals surface area contributed by atoms with Gasteiger partial charge < -0.3 is 18.9 Å². The average Bonchev–Trinajstić information content (AvgIpc) is 3.31. The fraction of sp³-hybridized carbons (Fsp3) is 0.783. The average molecular weight is 990 g/mol.